The Bertz CT molecular complexity index is 1090. The minimum Gasteiger partial charge on any atom is -0.508 e. The summed E-state index contributed by atoms with van der Waals surface area (Å²) in [6, 6.07) is 12.6. The normalized spacial score (nSPS) is 20.1. The van der Waals surface area contributed by atoms with Crippen LogP contribution in [0.3, 0.4) is 0 Å². The SMILES string of the molecule is CCCCOc1cccc(C(O)=C2C(=O)C(=O)N(CCCN3CCOCC3)C2c2ccc(O)cc2)c1. The number of amides is 1. The van der Waals surface area contributed by atoms with E-state index >= 15 is 0 Å². The maximum absolute atomic E-state index is 13.2. The summed E-state index contributed by atoms with van der Waals surface area (Å²) >= 11 is 0. The topological polar surface area (TPSA) is 99.5 Å². The molecule has 8 nitrogen and oxygen atoms in total. The molecular formula is C28H34N2O6. The number of aromatic hydroxyl groups is 1. The maximum Gasteiger partial charge on any atom is 0.295 e. The molecule has 1 unspecified atom stereocenters. The standard InChI is InChI=1S/C28H34N2O6/c1-2-3-16-36-23-7-4-6-21(19-23)26(32)24-25(20-8-10-22(31)11-9-20)30(28(34)27(24)33)13-5-12-29-14-17-35-18-15-29/h4,6-11,19,25,31-32H,2-3,5,12-18H2,1H3. The van der Waals surface area contributed by atoms with Crippen molar-refractivity contribution < 1.29 is 29.3 Å². The minimum absolute atomic E-state index is 0.0442. The summed E-state index contributed by atoms with van der Waals surface area (Å²) in [5.41, 5.74) is 1.11. The summed E-state index contributed by atoms with van der Waals surface area (Å²) in [5, 5.41) is 21.1. The highest BCUT2D eigenvalue weighted by Gasteiger charge is 2.45. The van der Waals surface area contributed by atoms with Crippen molar-refractivity contribution in [1.29, 1.82) is 0 Å². The van der Waals surface area contributed by atoms with Gasteiger partial charge in [0.1, 0.15) is 17.3 Å². The Kier molecular flexibility index (Phi) is 8.61. The van der Waals surface area contributed by atoms with Crippen LogP contribution >= 0.6 is 0 Å². The number of aliphatic hydroxyl groups excluding tert-OH is 1. The molecule has 0 saturated carbocycles. The summed E-state index contributed by atoms with van der Waals surface area (Å²) in [5.74, 6) is -0.905. The van der Waals surface area contributed by atoms with Gasteiger partial charge in [0.2, 0.25) is 0 Å². The number of ether oxygens (including phenoxy) is 2. The van der Waals surface area contributed by atoms with Crippen LogP contribution in [-0.4, -0.2) is 77.7 Å². The molecule has 2 aromatic rings. The van der Waals surface area contributed by atoms with Gasteiger partial charge in [-0.1, -0.05) is 37.6 Å². The fourth-order valence-electron chi connectivity index (χ4n) is 4.63. The number of benzene rings is 2. The van der Waals surface area contributed by atoms with Gasteiger partial charge in [-0.15, -0.1) is 0 Å². The van der Waals surface area contributed by atoms with Crippen molar-refractivity contribution in [2.24, 2.45) is 0 Å². The lowest BCUT2D eigenvalue weighted by atomic mass is 9.95. The highest BCUT2D eigenvalue weighted by molar-refractivity contribution is 6.46. The van der Waals surface area contributed by atoms with Gasteiger partial charge in [-0.2, -0.15) is 0 Å². The van der Waals surface area contributed by atoms with E-state index in [0.29, 0.717) is 49.7 Å². The highest BCUT2D eigenvalue weighted by Crippen LogP contribution is 2.40. The van der Waals surface area contributed by atoms with Crippen LogP contribution in [0.15, 0.2) is 54.1 Å². The molecule has 2 aliphatic heterocycles. The first kappa shape index (κ1) is 25.7. The number of carbonyl (C=O) groups excluding carboxylic acids is 2. The zero-order valence-electron chi connectivity index (χ0n) is 20.7. The van der Waals surface area contributed by atoms with E-state index in [1.54, 1.807) is 36.4 Å². The Morgan fingerprint density at radius 2 is 1.81 bits per heavy atom. The fraction of sp³-hybridized carbons (Fsp3) is 0.429. The second-order valence-corrected chi connectivity index (χ2v) is 9.12. The molecule has 8 heteroatoms. The molecule has 1 amide bonds. The fourth-order valence-corrected chi connectivity index (χ4v) is 4.63. The van der Waals surface area contributed by atoms with Crippen LogP contribution in [-0.2, 0) is 14.3 Å². The zero-order valence-corrected chi connectivity index (χ0v) is 20.7. The van der Waals surface area contributed by atoms with Gasteiger partial charge >= 0.3 is 0 Å². The number of rotatable bonds is 10. The first-order chi connectivity index (χ1) is 17.5. The summed E-state index contributed by atoms with van der Waals surface area (Å²) in [4.78, 5) is 30.2. The molecule has 0 aliphatic carbocycles. The van der Waals surface area contributed by atoms with Crippen LogP contribution in [0.2, 0.25) is 0 Å². The first-order valence-corrected chi connectivity index (χ1v) is 12.6. The number of hydrogen-bond acceptors (Lipinski definition) is 7. The van der Waals surface area contributed by atoms with Crippen molar-refractivity contribution in [3.8, 4) is 11.5 Å². The Labute approximate surface area is 211 Å². The Hall–Kier alpha value is -3.36. The molecule has 36 heavy (non-hydrogen) atoms. The summed E-state index contributed by atoms with van der Waals surface area (Å²) in [6.07, 6.45) is 2.59. The molecule has 2 heterocycles. The van der Waals surface area contributed by atoms with E-state index in [1.807, 2.05) is 0 Å². The highest BCUT2D eigenvalue weighted by atomic mass is 16.5. The van der Waals surface area contributed by atoms with E-state index in [2.05, 4.69) is 11.8 Å². The van der Waals surface area contributed by atoms with Crippen LogP contribution in [0.5, 0.6) is 11.5 Å². The van der Waals surface area contributed by atoms with Gasteiger partial charge in [0, 0.05) is 31.7 Å². The van der Waals surface area contributed by atoms with Gasteiger partial charge < -0.3 is 24.6 Å². The maximum atomic E-state index is 13.2. The number of phenolic OH excluding ortho intramolecular Hbond substituents is 1. The van der Waals surface area contributed by atoms with Crippen LogP contribution in [0.1, 0.15) is 43.4 Å². The largest absolute Gasteiger partial charge is 0.508 e. The third-order valence-electron chi connectivity index (χ3n) is 6.60. The number of nitrogens with zero attached hydrogens (tertiary/aromatic N) is 2. The predicted molar refractivity (Wildman–Crippen MR) is 136 cm³/mol. The van der Waals surface area contributed by atoms with Crippen molar-refractivity contribution in [3.63, 3.8) is 0 Å². The number of unbranched alkanes of at least 4 members (excludes halogenated alkanes) is 1. The van der Waals surface area contributed by atoms with Crippen molar-refractivity contribution in [1.82, 2.24) is 9.80 Å². The molecule has 0 spiro atoms. The number of aliphatic hydroxyl groups is 1. The number of Topliss-reactive ketones (excluding diaryl/α,β-unsaturated/α-hetero) is 1. The molecular weight excluding hydrogens is 460 g/mol. The van der Waals surface area contributed by atoms with Gasteiger partial charge in [-0.3, -0.25) is 14.5 Å². The molecule has 192 valence electrons. The second kappa shape index (κ2) is 12.1. The van der Waals surface area contributed by atoms with Crippen molar-refractivity contribution in [2.75, 3.05) is 46.0 Å². The molecule has 1 atom stereocenters. The number of hydrogen-bond donors (Lipinski definition) is 2. The van der Waals surface area contributed by atoms with Gasteiger partial charge in [0.05, 0.1) is 31.4 Å². The lowest BCUT2D eigenvalue weighted by Gasteiger charge is -2.29. The molecule has 2 fully saturated rings. The lowest BCUT2D eigenvalue weighted by Crippen LogP contribution is -2.38. The monoisotopic (exact) mass is 494 g/mol. The Balaban J connectivity index is 1.64. The molecule has 2 aliphatic rings. The van der Waals surface area contributed by atoms with E-state index in [-0.39, 0.29) is 17.1 Å². The quantitative estimate of drug-likeness (QED) is 0.225. The number of carbonyl (C=O) groups is 2. The first-order valence-electron chi connectivity index (χ1n) is 12.6. The van der Waals surface area contributed by atoms with Crippen molar-refractivity contribution >= 4 is 17.4 Å². The van der Waals surface area contributed by atoms with E-state index in [1.165, 1.54) is 17.0 Å². The average molecular weight is 495 g/mol. The average Bonchev–Trinajstić information content (AvgIpc) is 3.15. The molecule has 2 saturated heterocycles. The molecule has 4 rings (SSSR count). The van der Waals surface area contributed by atoms with Crippen LogP contribution in [0.25, 0.3) is 5.76 Å². The molecule has 2 aromatic carbocycles. The second-order valence-electron chi connectivity index (χ2n) is 9.12. The molecule has 0 bridgehead atoms. The van der Waals surface area contributed by atoms with Gasteiger partial charge in [-0.05, 0) is 42.7 Å². The van der Waals surface area contributed by atoms with Crippen molar-refractivity contribution in [3.05, 3.63) is 65.2 Å². The minimum atomic E-state index is -0.750. The third kappa shape index (κ3) is 5.88. The van der Waals surface area contributed by atoms with E-state index in [9.17, 15) is 19.8 Å². The lowest BCUT2D eigenvalue weighted by molar-refractivity contribution is -0.140. The number of morpholine rings is 1. The molecule has 0 aromatic heterocycles. The Morgan fingerprint density at radius 3 is 2.53 bits per heavy atom. The van der Waals surface area contributed by atoms with Gasteiger partial charge in [0.25, 0.3) is 11.7 Å². The zero-order chi connectivity index (χ0) is 25.5. The summed E-state index contributed by atoms with van der Waals surface area (Å²) in [6.45, 7) is 6.86. The van der Waals surface area contributed by atoms with E-state index in [0.717, 1.165) is 32.5 Å². The van der Waals surface area contributed by atoms with Gasteiger partial charge in [0.15, 0.2) is 0 Å². The Morgan fingerprint density at radius 1 is 1.06 bits per heavy atom. The van der Waals surface area contributed by atoms with E-state index in [4.69, 9.17) is 9.47 Å². The van der Waals surface area contributed by atoms with Crippen LogP contribution < -0.4 is 4.74 Å². The number of likely N-dealkylation sites (tertiary alicyclic amines) is 1. The van der Waals surface area contributed by atoms with Crippen LogP contribution in [0.4, 0.5) is 0 Å². The van der Waals surface area contributed by atoms with E-state index < -0.39 is 17.7 Å². The molecule has 0 radical (unpaired) electrons. The van der Waals surface area contributed by atoms with Crippen LogP contribution in [0, 0.1) is 0 Å². The molecule has 2 N–H and O–H groups in total. The number of phenols is 1. The summed E-state index contributed by atoms with van der Waals surface area (Å²) < 4.78 is 11.2. The third-order valence-corrected chi connectivity index (χ3v) is 6.60. The predicted octanol–water partition coefficient (Wildman–Crippen LogP) is 3.72. The smallest absolute Gasteiger partial charge is 0.295 e. The van der Waals surface area contributed by atoms with Gasteiger partial charge in [-0.25, -0.2) is 0 Å². The van der Waals surface area contributed by atoms with Crippen molar-refractivity contribution in [2.45, 2.75) is 32.2 Å². The summed E-state index contributed by atoms with van der Waals surface area (Å²) in [7, 11) is 0. The number of ketones is 1.